The van der Waals surface area contributed by atoms with E-state index in [1.807, 2.05) is 13.0 Å². The molecule has 0 aromatic heterocycles. The third kappa shape index (κ3) is 3.40. The molecule has 0 amide bonds. The molecule has 0 fully saturated rings. The molecule has 0 aromatic carbocycles. The lowest BCUT2D eigenvalue weighted by atomic mass is 10.1. The number of nitrogens with zero attached hydrogens (tertiary/aromatic N) is 1. The molecular weight excluding hydrogens is 166 g/mol. The summed E-state index contributed by atoms with van der Waals surface area (Å²) in [6.07, 6.45) is 6.34. The topological polar surface area (TPSA) is 38.7 Å². The van der Waals surface area contributed by atoms with Crippen LogP contribution in [-0.2, 0) is 9.53 Å². The first kappa shape index (κ1) is 9.96. The summed E-state index contributed by atoms with van der Waals surface area (Å²) in [5, 5.41) is 0. The fourth-order valence-electron chi connectivity index (χ4n) is 1.38. The Labute approximate surface area is 78.5 Å². The Bertz CT molecular complexity index is 243. The summed E-state index contributed by atoms with van der Waals surface area (Å²) in [6, 6.07) is 0.376. The first-order valence-electron chi connectivity index (χ1n) is 4.50. The van der Waals surface area contributed by atoms with Gasteiger partial charge in [0, 0.05) is 11.8 Å². The smallest absolute Gasteiger partial charge is 0.330 e. The molecule has 0 unspecified atom stereocenters. The standard InChI is InChI=1S/C10H15NO2/c1-8-6-7-9(11-8)4-3-5-10(12)13-2/h3,5,9H,4,6-7H2,1-2H3/t9-/m1/s1. The Kier molecular flexibility index (Phi) is 3.68. The first-order chi connectivity index (χ1) is 6.22. The van der Waals surface area contributed by atoms with Gasteiger partial charge in [0.1, 0.15) is 0 Å². The first-order valence-corrected chi connectivity index (χ1v) is 4.50. The molecule has 0 bridgehead atoms. The third-order valence-corrected chi connectivity index (χ3v) is 2.11. The predicted octanol–water partition coefficient (Wildman–Crippen LogP) is 1.73. The number of hydrogen-bond donors (Lipinski definition) is 0. The minimum atomic E-state index is -0.293. The Morgan fingerprint density at radius 2 is 2.54 bits per heavy atom. The zero-order chi connectivity index (χ0) is 9.68. The molecule has 0 aromatic rings. The Balaban J connectivity index is 2.27. The van der Waals surface area contributed by atoms with E-state index < -0.39 is 0 Å². The second kappa shape index (κ2) is 4.80. The van der Waals surface area contributed by atoms with Crippen LogP contribution in [0, 0.1) is 0 Å². The van der Waals surface area contributed by atoms with Crippen LogP contribution in [0.15, 0.2) is 17.1 Å². The van der Waals surface area contributed by atoms with Gasteiger partial charge in [0.2, 0.25) is 0 Å². The molecule has 1 rings (SSSR count). The van der Waals surface area contributed by atoms with Crippen molar-refractivity contribution in [3.8, 4) is 0 Å². The van der Waals surface area contributed by atoms with Gasteiger partial charge in [-0.15, -0.1) is 0 Å². The molecule has 3 heteroatoms. The van der Waals surface area contributed by atoms with E-state index >= 15 is 0 Å². The Morgan fingerprint density at radius 1 is 1.77 bits per heavy atom. The van der Waals surface area contributed by atoms with E-state index in [0.717, 1.165) is 19.3 Å². The van der Waals surface area contributed by atoms with E-state index in [9.17, 15) is 4.79 Å². The largest absolute Gasteiger partial charge is 0.466 e. The summed E-state index contributed by atoms with van der Waals surface area (Å²) in [5.41, 5.74) is 1.22. The van der Waals surface area contributed by atoms with Crippen LogP contribution < -0.4 is 0 Å². The van der Waals surface area contributed by atoms with Crippen molar-refractivity contribution >= 4 is 11.7 Å². The molecule has 13 heavy (non-hydrogen) atoms. The van der Waals surface area contributed by atoms with Crippen molar-refractivity contribution in [3.05, 3.63) is 12.2 Å². The van der Waals surface area contributed by atoms with Crippen molar-refractivity contribution in [2.24, 2.45) is 4.99 Å². The lowest BCUT2D eigenvalue weighted by Gasteiger charge is -1.99. The van der Waals surface area contributed by atoms with Crippen LogP contribution in [0.3, 0.4) is 0 Å². The second-order valence-corrected chi connectivity index (χ2v) is 3.22. The quantitative estimate of drug-likeness (QED) is 0.491. The molecule has 72 valence electrons. The highest BCUT2D eigenvalue weighted by molar-refractivity contribution is 5.83. The molecule has 0 saturated heterocycles. The highest BCUT2D eigenvalue weighted by atomic mass is 16.5. The lowest BCUT2D eigenvalue weighted by Crippen LogP contribution is -1.98. The van der Waals surface area contributed by atoms with Crippen molar-refractivity contribution < 1.29 is 9.53 Å². The minimum Gasteiger partial charge on any atom is -0.466 e. The molecule has 0 saturated carbocycles. The van der Waals surface area contributed by atoms with Crippen LogP contribution in [-0.4, -0.2) is 24.8 Å². The van der Waals surface area contributed by atoms with Gasteiger partial charge in [-0.2, -0.15) is 0 Å². The van der Waals surface area contributed by atoms with Crippen LogP contribution >= 0.6 is 0 Å². The summed E-state index contributed by atoms with van der Waals surface area (Å²) in [6.45, 7) is 2.05. The van der Waals surface area contributed by atoms with E-state index in [-0.39, 0.29) is 5.97 Å². The number of carbonyl (C=O) groups excluding carboxylic acids is 1. The van der Waals surface area contributed by atoms with Gasteiger partial charge in [0.05, 0.1) is 13.2 Å². The Morgan fingerprint density at radius 3 is 3.08 bits per heavy atom. The van der Waals surface area contributed by atoms with Crippen molar-refractivity contribution in [2.75, 3.05) is 7.11 Å². The van der Waals surface area contributed by atoms with E-state index in [1.165, 1.54) is 18.9 Å². The highest BCUT2D eigenvalue weighted by Crippen LogP contribution is 2.16. The van der Waals surface area contributed by atoms with Crippen molar-refractivity contribution in [2.45, 2.75) is 32.2 Å². The molecule has 1 aliphatic rings. The van der Waals surface area contributed by atoms with Crippen molar-refractivity contribution in [1.82, 2.24) is 0 Å². The number of methoxy groups -OCH3 is 1. The van der Waals surface area contributed by atoms with Crippen LogP contribution in [0.2, 0.25) is 0 Å². The van der Waals surface area contributed by atoms with Gasteiger partial charge in [-0.3, -0.25) is 4.99 Å². The third-order valence-electron chi connectivity index (χ3n) is 2.11. The fourth-order valence-corrected chi connectivity index (χ4v) is 1.38. The number of hydrogen-bond acceptors (Lipinski definition) is 3. The molecule has 1 aliphatic heterocycles. The van der Waals surface area contributed by atoms with Crippen LogP contribution in [0.4, 0.5) is 0 Å². The van der Waals surface area contributed by atoms with E-state index in [2.05, 4.69) is 9.73 Å². The van der Waals surface area contributed by atoms with Gasteiger partial charge in [-0.05, 0) is 26.2 Å². The number of aliphatic imine (C=N–C) groups is 1. The lowest BCUT2D eigenvalue weighted by molar-refractivity contribution is -0.134. The van der Waals surface area contributed by atoms with Crippen molar-refractivity contribution in [1.29, 1.82) is 0 Å². The maximum Gasteiger partial charge on any atom is 0.330 e. The highest BCUT2D eigenvalue weighted by Gasteiger charge is 2.12. The summed E-state index contributed by atoms with van der Waals surface area (Å²) in [7, 11) is 1.38. The van der Waals surface area contributed by atoms with Crippen LogP contribution in [0.25, 0.3) is 0 Å². The summed E-state index contributed by atoms with van der Waals surface area (Å²) in [5.74, 6) is -0.293. The number of esters is 1. The molecule has 0 spiro atoms. The fraction of sp³-hybridized carbons (Fsp3) is 0.600. The number of ether oxygens (including phenoxy) is 1. The molecule has 1 atom stereocenters. The van der Waals surface area contributed by atoms with Gasteiger partial charge in [0.15, 0.2) is 0 Å². The van der Waals surface area contributed by atoms with Gasteiger partial charge in [-0.25, -0.2) is 4.79 Å². The molecule has 1 heterocycles. The average molecular weight is 181 g/mol. The monoisotopic (exact) mass is 181 g/mol. The molecule has 0 radical (unpaired) electrons. The van der Waals surface area contributed by atoms with Gasteiger partial charge in [-0.1, -0.05) is 6.08 Å². The maximum absolute atomic E-state index is 10.7. The average Bonchev–Trinajstić information content (AvgIpc) is 2.51. The molecule has 0 N–H and O–H groups in total. The van der Waals surface area contributed by atoms with Gasteiger partial charge < -0.3 is 4.74 Å². The Hall–Kier alpha value is -1.12. The normalized spacial score (nSPS) is 22.0. The van der Waals surface area contributed by atoms with Gasteiger partial charge in [0.25, 0.3) is 0 Å². The van der Waals surface area contributed by atoms with E-state index in [4.69, 9.17) is 0 Å². The zero-order valence-electron chi connectivity index (χ0n) is 8.12. The predicted molar refractivity (Wildman–Crippen MR) is 51.9 cm³/mol. The number of rotatable bonds is 3. The zero-order valence-corrected chi connectivity index (χ0v) is 8.12. The molecule has 3 nitrogen and oxygen atoms in total. The molecular formula is C10H15NO2. The summed E-state index contributed by atoms with van der Waals surface area (Å²) < 4.78 is 4.47. The second-order valence-electron chi connectivity index (χ2n) is 3.22. The molecule has 0 aliphatic carbocycles. The van der Waals surface area contributed by atoms with Crippen LogP contribution in [0.5, 0.6) is 0 Å². The minimum absolute atomic E-state index is 0.293. The van der Waals surface area contributed by atoms with Crippen molar-refractivity contribution in [3.63, 3.8) is 0 Å². The summed E-state index contributed by atoms with van der Waals surface area (Å²) >= 11 is 0. The maximum atomic E-state index is 10.7. The number of carbonyl (C=O) groups is 1. The summed E-state index contributed by atoms with van der Waals surface area (Å²) in [4.78, 5) is 15.1. The van der Waals surface area contributed by atoms with E-state index in [0.29, 0.717) is 6.04 Å². The van der Waals surface area contributed by atoms with Gasteiger partial charge >= 0.3 is 5.97 Å². The SMILES string of the molecule is COC(=O)C=CC[C@@H]1CCC(C)=N1. The van der Waals surface area contributed by atoms with Crippen LogP contribution in [0.1, 0.15) is 26.2 Å². The van der Waals surface area contributed by atoms with E-state index in [1.54, 1.807) is 0 Å².